The largest absolute Gasteiger partial charge is 0.314 e. The number of hydrogen-bond acceptors (Lipinski definition) is 3. The molecule has 1 N–H and O–H groups in total. The van der Waals surface area contributed by atoms with Gasteiger partial charge in [0.05, 0.1) is 0 Å². The molecule has 1 rings (SSSR count). The first kappa shape index (κ1) is 12.0. The number of nitrogens with one attached hydrogen (secondary N) is 1. The Balaban J connectivity index is 2.26. The molecule has 3 nitrogen and oxygen atoms in total. The number of hydrogen-bond donors (Lipinski definition) is 1. The van der Waals surface area contributed by atoms with Crippen LogP contribution >= 0.6 is 0 Å². The van der Waals surface area contributed by atoms with E-state index < -0.39 is 0 Å². The maximum absolute atomic E-state index is 3.46. The zero-order valence-electron chi connectivity index (χ0n) is 10.1. The van der Waals surface area contributed by atoms with E-state index in [1.54, 1.807) is 0 Å². The van der Waals surface area contributed by atoms with Gasteiger partial charge in [0.1, 0.15) is 0 Å². The lowest BCUT2D eigenvalue weighted by atomic mass is 10.1. The smallest absolute Gasteiger partial charge is 0.0195 e. The third-order valence-corrected chi connectivity index (χ3v) is 3.03. The predicted octanol–water partition coefficient (Wildman–Crippen LogP) is 0.620. The molecule has 0 aromatic carbocycles. The second-order valence-electron chi connectivity index (χ2n) is 4.75. The highest BCUT2D eigenvalue weighted by Gasteiger charge is 2.23. The van der Waals surface area contributed by atoms with Gasteiger partial charge in [0.15, 0.2) is 0 Å². The van der Waals surface area contributed by atoms with Gasteiger partial charge in [-0.25, -0.2) is 0 Å². The Kier molecular flexibility index (Phi) is 4.85. The molecular weight excluding hydrogens is 174 g/mol. The van der Waals surface area contributed by atoms with Gasteiger partial charge in [0, 0.05) is 31.7 Å². The Morgan fingerprint density at radius 3 is 2.29 bits per heavy atom. The molecule has 0 amide bonds. The summed E-state index contributed by atoms with van der Waals surface area (Å²) < 4.78 is 0. The highest BCUT2D eigenvalue weighted by molar-refractivity contribution is 4.82. The molecule has 0 unspecified atom stereocenters. The lowest BCUT2D eigenvalue weighted by Gasteiger charge is -2.39. The average molecular weight is 199 g/mol. The number of nitrogens with zero attached hydrogens (tertiary/aromatic N) is 2. The van der Waals surface area contributed by atoms with Crippen LogP contribution in [0.3, 0.4) is 0 Å². The Labute approximate surface area is 88.5 Å². The number of rotatable bonds is 4. The van der Waals surface area contributed by atoms with E-state index in [-0.39, 0.29) is 0 Å². The Hall–Kier alpha value is -0.120. The second kappa shape index (κ2) is 5.69. The van der Waals surface area contributed by atoms with Crippen LogP contribution in [0.5, 0.6) is 0 Å². The van der Waals surface area contributed by atoms with Crippen molar-refractivity contribution >= 4 is 0 Å². The monoisotopic (exact) mass is 199 g/mol. The van der Waals surface area contributed by atoms with Gasteiger partial charge >= 0.3 is 0 Å². The van der Waals surface area contributed by atoms with Crippen LogP contribution in [0.2, 0.25) is 0 Å². The Bertz CT molecular complexity index is 149. The van der Waals surface area contributed by atoms with Gasteiger partial charge in [-0.3, -0.25) is 4.90 Å². The van der Waals surface area contributed by atoms with E-state index >= 15 is 0 Å². The molecule has 14 heavy (non-hydrogen) atoms. The van der Waals surface area contributed by atoms with E-state index in [1.165, 1.54) is 19.5 Å². The summed E-state index contributed by atoms with van der Waals surface area (Å²) in [6.45, 7) is 9.36. The fourth-order valence-electron chi connectivity index (χ4n) is 2.18. The average Bonchev–Trinajstić information content (AvgIpc) is 2.09. The highest BCUT2D eigenvalue weighted by atomic mass is 15.2. The molecule has 1 aliphatic heterocycles. The fourth-order valence-corrected chi connectivity index (χ4v) is 2.18. The van der Waals surface area contributed by atoms with Crippen LogP contribution < -0.4 is 5.32 Å². The van der Waals surface area contributed by atoms with Crippen LogP contribution in [0, 0.1) is 0 Å². The van der Waals surface area contributed by atoms with Gasteiger partial charge in [0.2, 0.25) is 0 Å². The van der Waals surface area contributed by atoms with E-state index in [0.717, 1.165) is 13.1 Å². The molecule has 1 heterocycles. The first-order valence-corrected chi connectivity index (χ1v) is 5.72. The van der Waals surface area contributed by atoms with Crippen molar-refractivity contribution in [3.05, 3.63) is 0 Å². The molecule has 0 bridgehead atoms. The van der Waals surface area contributed by atoms with Crippen LogP contribution in [-0.2, 0) is 0 Å². The van der Waals surface area contributed by atoms with Gasteiger partial charge in [-0.05, 0) is 40.9 Å². The van der Waals surface area contributed by atoms with Gasteiger partial charge in [-0.15, -0.1) is 0 Å². The zero-order chi connectivity index (χ0) is 10.6. The normalized spacial score (nSPS) is 29.8. The molecule has 0 radical (unpaired) electrons. The molecule has 1 fully saturated rings. The van der Waals surface area contributed by atoms with E-state index in [0.29, 0.717) is 12.1 Å². The Morgan fingerprint density at radius 2 is 1.79 bits per heavy atom. The molecule has 0 spiro atoms. The summed E-state index contributed by atoms with van der Waals surface area (Å²) in [6, 6.07) is 1.39. The predicted molar refractivity (Wildman–Crippen MR) is 61.7 cm³/mol. The molecular formula is C11H25N3. The summed E-state index contributed by atoms with van der Waals surface area (Å²) in [5.74, 6) is 0. The summed E-state index contributed by atoms with van der Waals surface area (Å²) in [7, 11) is 4.29. The summed E-state index contributed by atoms with van der Waals surface area (Å²) >= 11 is 0. The third kappa shape index (κ3) is 3.56. The van der Waals surface area contributed by atoms with Crippen molar-refractivity contribution in [2.45, 2.75) is 32.4 Å². The van der Waals surface area contributed by atoms with Crippen molar-refractivity contribution in [1.29, 1.82) is 0 Å². The second-order valence-corrected chi connectivity index (χ2v) is 4.75. The van der Waals surface area contributed by atoms with Crippen molar-refractivity contribution in [2.24, 2.45) is 0 Å². The zero-order valence-corrected chi connectivity index (χ0v) is 10.1. The van der Waals surface area contributed by atoms with Crippen LogP contribution in [0.4, 0.5) is 0 Å². The van der Waals surface area contributed by atoms with Gasteiger partial charge in [-0.2, -0.15) is 0 Å². The SMILES string of the molecule is C[C@@H]1CNC[C@H](C)N1CCCN(C)C. The van der Waals surface area contributed by atoms with Crippen LogP contribution in [0.1, 0.15) is 20.3 Å². The molecule has 0 aliphatic carbocycles. The van der Waals surface area contributed by atoms with Crippen LogP contribution in [0.15, 0.2) is 0 Å². The minimum absolute atomic E-state index is 0.695. The van der Waals surface area contributed by atoms with Crippen molar-refractivity contribution in [1.82, 2.24) is 15.1 Å². The quantitative estimate of drug-likeness (QED) is 0.716. The lowest BCUT2D eigenvalue weighted by molar-refractivity contribution is 0.112. The maximum atomic E-state index is 3.46. The minimum atomic E-state index is 0.695. The summed E-state index contributed by atoms with van der Waals surface area (Å²) in [5.41, 5.74) is 0. The summed E-state index contributed by atoms with van der Waals surface area (Å²) in [5, 5.41) is 3.46. The lowest BCUT2D eigenvalue weighted by Crippen LogP contribution is -2.55. The standard InChI is InChI=1S/C11H25N3/c1-10-8-12-9-11(2)14(10)7-5-6-13(3)4/h10-12H,5-9H2,1-4H3/t10-,11+. The molecule has 0 saturated carbocycles. The van der Waals surface area contributed by atoms with Gasteiger partial charge in [0.25, 0.3) is 0 Å². The van der Waals surface area contributed by atoms with Crippen molar-refractivity contribution < 1.29 is 0 Å². The summed E-state index contributed by atoms with van der Waals surface area (Å²) in [6.07, 6.45) is 1.28. The molecule has 1 aliphatic rings. The fraction of sp³-hybridized carbons (Fsp3) is 1.00. The maximum Gasteiger partial charge on any atom is 0.0195 e. The first-order chi connectivity index (χ1) is 6.61. The first-order valence-electron chi connectivity index (χ1n) is 5.72. The van der Waals surface area contributed by atoms with E-state index in [9.17, 15) is 0 Å². The Morgan fingerprint density at radius 1 is 1.21 bits per heavy atom. The van der Waals surface area contributed by atoms with E-state index in [2.05, 4.69) is 43.1 Å². The van der Waals surface area contributed by atoms with Gasteiger partial charge in [-0.1, -0.05) is 0 Å². The van der Waals surface area contributed by atoms with Gasteiger partial charge < -0.3 is 10.2 Å². The van der Waals surface area contributed by atoms with Crippen molar-refractivity contribution in [2.75, 3.05) is 40.3 Å². The number of piperazine rings is 1. The van der Waals surface area contributed by atoms with E-state index in [1.807, 2.05) is 0 Å². The highest BCUT2D eigenvalue weighted by Crippen LogP contribution is 2.09. The van der Waals surface area contributed by atoms with Crippen LogP contribution in [-0.4, -0.2) is 62.2 Å². The third-order valence-electron chi connectivity index (χ3n) is 3.03. The van der Waals surface area contributed by atoms with Crippen molar-refractivity contribution in [3.63, 3.8) is 0 Å². The van der Waals surface area contributed by atoms with Crippen molar-refractivity contribution in [3.8, 4) is 0 Å². The molecule has 84 valence electrons. The molecule has 2 atom stereocenters. The van der Waals surface area contributed by atoms with Crippen LogP contribution in [0.25, 0.3) is 0 Å². The molecule has 3 heteroatoms. The summed E-state index contributed by atoms with van der Waals surface area (Å²) in [4.78, 5) is 4.89. The molecule has 1 saturated heterocycles. The topological polar surface area (TPSA) is 18.5 Å². The van der Waals surface area contributed by atoms with E-state index in [4.69, 9.17) is 0 Å². The minimum Gasteiger partial charge on any atom is -0.314 e. The molecule has 0 aromatic heterocycles. The molecule has 0 aromatic rings.